The lowest BCUT2D eigenvalue weighted by Gasteiger charge is -2.42. The highest BCUT2D eigenvalue weighted by molar-refractivity contribution is 6.42. The van der Waals surface area contributed by atoms with Crippen molar-refractivity contribution in [1.29, 1.82) is 0 Å². The van der Waals surface area contributed by atoms with Gasteiger partial charge in [-0.15, -0.1) is 0 Å². The molecule has 2 heterocycles. The van der Waals surface area contributed by atoms with Crippen LogP contribution >= 0.6 is 23.2 Å². The molecule has 3 fully saturated rings. The van der Waals surface area contributed by atoms with Crippen LogP contribution in [0.3, 0.4) is 0 Å². The molecule has 1 aromatic carbocycles. The maximum absolute atomic E-state index is 13.5. The van der Waals surface area contributed by atoms with Gasteiger partial charge in [0.15, 0.2) is 0 Å². The Labute approximate surface area is 169 Å². The molecule has 1 atom stereocenters. The molecule has 0 aromatic heterocycles. The van der Waals surface area contributed by atoms with Gasteiger partial charge in [0.2, 0.25) is 5.91 Å². The van der Waals surface area contributed by atoms with E-state index in [2.05, 4.69) is 0 Å². The summed E-state index contributed by atoms with van der Waals surface area (Å²) in [4.78, 5) is 30.2. The van der Waals surface area contributed by atoms with Crippen LogP contribution < -0.4 is 0 Å². The van der Waals surface area contributed by atoms with Crippen LogP contribution in [0.4, 0.5) is 0 Å². The molecule has 146 valence electrons. The molecule has 27 heavy (non-hydrogen) atoms. The third-order valence-corrected chi connectivity index (χ3v) is 6.72. The van der Waals surface area contributed by atoms with Gasteiger partial charge in [0.05, 0.1) is 16.7 Å². The summed E-state index contributed by atoms with van der Waals surface area (Å²) in [5, 5.41) is 0.741. The fraction of sp³-hybridized carbons (Fsp3) is 0.600. The first-order chi connectivity index (χ1) is 13.0. The molecule has 0 N–H and O–H groups in total. The van der Waals surface area contributed by atoms with Gasteiger partial charge < -0.3 is 9.64 Å². The summed E-state index contributed by atoms with van der Waals surface area (Å²) in [5.41, 5.74) is -0.235. The Kier molecular flexibility index (Phi) is 5.36. The van der Waals surface area contributed by atoms with Crippen molar-refractivity contribution in [2.45, 2.75) is 56.7 Å². The van der Waals surface area contributed by atoms with E-state index in [0.29, 0.717) is 15.6 Å². The lowest BCUT2D eigenvalue weighted by Crippen LogP contribution is -2.56. The summed E-state index contributed by atoms with van der Waals surface area (Å²) < 4.78 is 6.18. The number of likely N-dealkylation sites (tertiary alicyclic amines) is 1. The quantitative estimate of drug-likeness (QED) is 0.736. The first kappa shape index (κ1) is 19.0. The van der Waals surface area contributed by atoms with Crippen LogP contribution in [-0.4, -0.2) is 53.1 Å². The van der Waals surface area contributed by atoms with Gasteiger partial charge in [0, 0.05) is 18.7 Å². The average Bonchev–Trinajstić information content (AvgIpc) is 3.32. The van der Waals surface area contributed by atoms with Gasteiger partial charge in [-0.05, 0) is 56.7 Å². The molecule has 1 aromatic rings. The van der Waals surface area contributed by atoms with E-state index < -0.39 is 11.8 Å². The molecule has 1 spiro atoms. The minimum Gasteiger partial charge on any atom is -0.353 e. The van der Waals surface area contributed by atoms with Crippen LogP contribution in [0.2, 0.25) is 10.0 Å². The molecule has 4 rings (SSSR count). The second-order valence-corrected chi connectivity index (χ2v) is 8.48. The molecular weight excluding hydrogens is 387 g/mol. The zero-order valence-electron chi connectivity index (χ0n) is 15.3. The second-order valence-electron chi connectivity index (χ2n) is 7.67. The summed E-state index contributed by atoms with van der Waals surface area (Å²) in [6.45, 7) is 1.79. The molecule has 1 aliphatic carbocycles. The Bertz CT molecular complexity index is 743. The molecule has 0 radical (unpaired) electrons. The molecule has 2 aliphatic heterocycles. The molecule has 1 saturated carbocycles. The van der Waals surface area contributed by atoms with Gasteiger partial charge in [0.1, 0.15) is 11.8 Å². The van der Waals surface area contributed by atoms with Crippen molar-refractivity contribution in [2.24, 2.45) is 0 Å². The van der Waals surface area contributed by atoms with E-state index in [1.165, 1.54) is 0 Å². The van der Waals surface area contributed by atoms with Crippen molar-refractivity contribution in [2.75, 3.05) is 19.7 Å². The van der Waals surface area contributed by atoms with Gasteiger partial charge in [-0.25, -0.2) is 0 Å². The van der Waals surface area contributed by atoms with Crippen molar-refractivity contribution >= 4 is 35.0 Å². The van der Waals surface area contributed by atoms with Crippen molar-refractivity contribution < 1.29 is 14.3 Å². The SMILES string of the molecule is O=C(C1COC2(CCCCC2)N1C(=O)c1ccc(Cl)c(Cl)c1)N1CCCC1. The summed E-state index contributed by atoms with van der Waals surface area (Å²) >= 11 is 12.1. The molecule has 0 bridgehead atoms. The van der Waals surface area contributed by atoms with Crippen LogP contribution in [0.15, 0.2) is 18.2 Å². The first-order valence-electron chi connectivity index (χ1n) is 9.73. The number of carbonyl (C=O) groups is 2. The second kappa shape index (κ2) is 7.61. The number of hydrogen-bond donors (Lipinski definition) is 0. The predicted octanol–water partition coefficient (Wildman–Crippen LogP) is 4.12. The van der Waals surface area contributed by atoms with Crippen molar-refractivity contribution in [3.8, 4) is 0 Å². The van der Waals surface area contributed by atoms with Gasteiger partial charge in [0.25, 0.3) is 5.91 Å². The lowest BCUT2D eigenvalue weighted by atomic mass is 9.89. The van der Waals surface area contributed by atoms with Gasteiger partial charge >= 0.3 is 0 Å². The minimum atomic E-state index is -0.679. The number of carbonyl (C=O) groups excluding carboxylic acids is 2. The third kappa shape index (κ3) is 3.45. The summed E-state index contributed by atoms with van der Waals surface area (Å²) in [5.74, 6) is -0.200. The van der Waals surface area contributed by atoms with E-state index in [1.807, 2.05) is 4.90 Å². The standard InChI is InChI=1S/C20H24Cl2N2O3/c21-15-7-6-14(12-16(15)22)18(25)24-17(19(26)23-10-4-5-11-23)13-27-20(24)8-2-1-3-9-20/h6-7,12,17H,1-5,8-11,13H2. The van der Waals surface area contributed by atoms with Gasteiger partial charge in [-0.3, -0.25) is 14.5 Å². The Morgan fingerprint density at radius 2 is 1.70 bits per heavy atom. The Balaban J connectivity index is 1.68. The van der Waals surface area contributed by atoms with Gasteiger partial charge in [-0.1, -0.05) is 29.6 Å². The van der Waals surface area contributed by atoms with E-state index in [-0.39, 0.29) is 18.4 Å². The minimum absolute atomic E-state index is 0.00311. The molecule has 3 aliphatic rings. The Hall–Kier alpha value is -1.30. The van der Waals surface area contributed by atoms with Gasteiger partial charge in [-0.2, -0.15) is 0 Å². The summed E-state index contributed by atoms with van der Waals surface area (Å²) in [6, 6.07) is 4.31. The van der Waals surface area contributed by atoms with Crippen molar-refractivity contribution in [3.63, 3.8) is 0 Å². The molecule has 2 saturated heterocycles. The monoisotopic (exact) mass is 410 g/mol. The highest BCUT2D eigenvalue weighted by atomic mass is 35.5. The number of ether oxygens (including phenoxy) is 1. The topological polar surface area (TPSA) is 49.9 Å². The fourth-order valence-corrected chi connectivity index (χ4v) is 4.87. The van der Waals surface area contributed by atoms with Crippen LogP contribution in [0.25, 0.3) is 0 Å². The highest BCUT2D eigenvalue weighted by Crippen LogP contribution is 2.42. The first-order valence-corrected chi connectivity index (χ1v) is 10.5. The normalized spacial score (nSPS) is 24.6. The van der Waals surface area contributed by atoms with E-state index in [9.17, 15) is 9.59 Å². The average molecular weight is 411 g/mol. The number of benzene rings is 1. The molecule has 5 nitrogen and oxygen atoms in total. The molecular formula is C20H24Cl2N2O3. The zero-order valence-corrected chi connectivity index (χ0v) is 16.8. The van der Waals surface area contributed by atoms with Crippen molar-refractivity contribution in [1.82, 2.24) is 9.80 Å². The molecule has 7 heteroatoms. The van der Waals surface area contributed by atoms with E-state index in [1.54, 1.807) is 23.1 Å². The smallest absolute Gasteiger partial charge is 0.256 e. The number of nitrogens with zero attached hydrogens (tertiary/aromatic N) is 2. The third-order valence-electron chi connectivity index (χ3n) is 5.98. The number of hydrogen-bond acceptors (Lipinski definition) is 3. The maximum Gasteiger partial charge on any atom is 0.256 e. The largest absolute Gasteiger partial charge is 0.353 e. The molecule has 2 amide bonds. The van der Waals surface area contributed by atoms with Crippen LogP contribution in [0.1, 0.15) is 55.3 Å². The predicted molar refractivity (Wildman–Crippen MR) is 104 cm³/mol. The summed E-state index contributed by atoms with van der Waals surface area (Å²) in [6.07, 6.45) is 6.69. The number of rotatable bonds is 2. The molecule has 1 unspecified atom stereocenters. The highest BCUT2D eigenvalue weighted by Gasteiger charge is 2.53. The van der Waals surface area contributed by atoms with Crippen LogP contribution in [0.5, 0.6) is 0 Å². The van der Waals surface area contributed by atoms with E-state index in [0.717, 1.165) is 58.0 Å². The van der Waals surface area contributed by atoms with Crippen LogP contribution in [0, 0.1) is 0 Å². The summed E-state index contributed by atoms with van der Waals surface area (Å²) in [7, 11) is 0. The lowest BCUT2D eigenvalue weighted by molar-refractivity contribution is -0.136. The number of halogens is 2. The van der Waals surface area contributed by atoms with E-state index >= 15 is 0 Å². The van der Waals surface area contributed by atoms with Crippen LogP contribution in [-0.2, 0) is 9.53 Å². The zero-order chi connectivity index (χ0) is 19.0. The van der Waals surface area contributed by atoms with E-state index in [4.69, 9.17) is 27.9 Å². The Morgan fingerprint density at radius 3 is 2.37 bits per heavy atom. The van der Waals surface area contributed by atoms with Crippen molar-refractivity contribution in [3.05, 3.63) is 33.8 Å². The fourth-order valence-electron chi connectivity index (χ4n) is 4.58. The Morgan fingerprint density at radius 1 is 1.00 bits per heavy atom. The maximum atomic E-state index is 13.5. The number of amides is 2.